The highest BCUT2D eigenvalue weighted by molar-refractivity contribution is 9.11. The van der Waals surface area contributed by atoms with E-state index in [2.05, 4.69) is 15.9 Å². The van der Waals surface area contributed by atoms with Gasteiger partial charge in [0, 0.05) is 0 Å². The van der Waals surface area contributed by atoms with Crippen LogP contribution in [0.2, 0.25) is 0 Å². The summed E-state index contributed by atoms with van der Waals surface area (Å²) in [5, 5.41) is 8.65. The van der Waals surface area contributed by atoms with E-state index in [0.717, 1.165) is 12.8 Å². The topological polar surface area (TPSA) is 20.2 Å². The first-order chi connectivity index (χ1) is 3.84. The van der Waals surface area contributed by atoms with Crippen molar-refractivity contribution in [3.8, 4) is 0 Å². The zero-order chi connectivity index (χ0) is 5.98. The SMILES string of the molecule is OCC1=C(Br)CCC1. The Morgan fingerprint density at radius 1 is 1.50 bits per heavy atom. The molecule has 0 aromatic carbocycles. The summed E-state index contributed by atoms with van der Waals surface area (Å²) < 4.78 is 1.22. The number of rotatable bonds is 1. The second kappa shape index (κ2) is 2.65. The predicted octanol–water partition coefficient (Wildman–Crippen LogP) is 1.81. The van der Waals surface area contributed by atoms with E-state index in [1.165, 1.54) is 16.5 Å². The van der Waals surface area contributed by atoms with E-state index in [4.69, 9.17) is 5.11 Å². The molecule has 0 atom stereocenters. The Bertz CT molecular complexity index is 118. The van der Waals surface area contributed by atoms with Gasteiger partial charge in [-0.05, 0) is 29.3 Å². The lowest BCUT2D eigenvalue weighted by atomic mass is 10.2. The molecule has 1 aliphatic rings. The highest BCUT2D eigenvalue weighted by Gasteiger charge is 2.09. The Kier molecular flexibility index (Phi) is 2.08. The average molecular weight is 177 g/mol. The monoisotopic (exact) mass is 176 g/mol. The van der Waals surface area contributed by atoms with E-state index < -0.39 is 0 Å². The van der Waals surface area contributed by atoms with Gasteiger partial charge in [0.25, 0.3) is 0 Å². The van der Waals surface area contributed by atoms with Gasteiger partial charge in [-0.15, -0.1) is 0 Å². The quantitative estimate of drug-likeness (QED) is 0.647. The van der Waals surface area contributed by atoms with E-state index in [1.807, 2.05) is 0 Å². The Morgan fingerprint density at radius 2 is 2.25 bits per heavy atom. The fraction of sp³-hybridized carbons (Fsp3) is 0.667. The largest absolute Gasteiger partial charge is 0.392 e. The van der Waals surface area contributed by atoms with Crippen molar-refractivity contribution in [2.45, 2.75) is 19.3 Å². The molecule has 0 aromatic heterocycles. The first-order valence-corrected chi connectivity index (χ1v) is 3.61. The summed E-state index contributed by atoms with van der Waals surface area (Å²) in [5.41, 5.74) is 1.19. The molecule has 0 fully saturated rings. The molecule has 0 aromatic rings. The summed E-state index contributed by atoms with van der Waals surface area (Å²) in [7, 11) is 0. The standard InChI is InChI=1S/C6H9BrO/c7-6-3-1-2-5(6)4-8/h8H,1-4H2. The van der Waals surface area contributed by atoms with Crippen molar-refractivity contribution in [3.05, 3.63) is 10.1 Å². The zero-order valence-corrected chi connectivity index (χ0v) is 6.24. The Labute approximate surface area is 57.5 Å². The van der Waals surface area contributed by atoms with Crippen LogP contribution in [0.3, 0.4) is 0 Å². The van der Waals surface area contributed by atoms with Crippen LogP contribution in [0.1, 0.15) is 19.3 Å². The Morgan fingerprint density at radius 3 is 2.50 bits per heavy atom. The summed E-state index contributed by atoms with van der Waals surface area (Å²) in [4.78, 5) is 0. The molecule has 0 aliphatic heterocycles. The van der Waals surface area contributed by atoms with E-state index in [0.29, 0.717) is 0 Å². The molecular formula is C6H9BrO. The summed E-state index contributed by atoms with van der Waals surface area (Å²) >= 11 is 3.38. The van der Waals surface area contributed by atoms with Crippen LogP contribution < -0.4 is 0 Å². The molecule has 1 N–H and O–H groups in total. The molecule has 1 rings (SSSR count). The van der Waals surface area contributed by atoms with Crippen molar-refractivity contribution in [1.29, 1.82) is 0 Å². The highest BCUT2D eigenvalue weighted by Crippen LogP contribution is 2.29. The Balaban J connectivity index is 2.58. The van der Waals surface area contributed by atoms with Gasteiger partial charge in [0.1, 0.15) is 0 Å². The van der Waals surface area contributed by atoms with Crippen molar-refractivity contribution in [3.63, 3.8) is 0 Å². The third-order valence-corrected chi connectivity index (χ3v) is 2.41. The van der Waals surface area contributed by atoms with Gasteiger partial charge in [-0.2, -0.15) is 0 Å². The van der Waals surface area contributed by atoms with Crippen molar-refractivity contribution in [2.24, 2.45) is 0 Å². The maximum atomic E-state index is 8.65. The fourth-order valence-electron chi connectivity index (χ4n) is 0.934. The lowest BCUT2D eigenvalue weighted by Gasteiger charge is -1.92. The fourth-order valence-corrected chi connectivity index (χ4v) is 1.54. The Hall–Kier alpha value is 0.180. The molecule has 0 spiro atoms. The van der Waals surface area contributed by atoms with Crippen molar-refractivity contribution in [1.82, 2.24) is 0 Å². The number of halogens is 1. The van der Waals surface area contributed by atoms with Crippen LogP contribution in [-0.2, 0) is 0 Å². The van der Waals surface area contributed by atoms with Crippen LogP contribution in [0.25, 0.3) is 0 Å². The zero-order valence-electron chi connectivity index (χ0n) is 4.65. The van der Waals surface area contributed by atoms with Crippen molar-refractivity contribution in [2.75, 3.05) is 6.61 Å². The molecule has 1 nitrogen and oxygen atoms in total. The number of aliphatic hydroxyl groups excluding tert-OH is 1. The molecule has 8 heavy (non-hydrogen) atoms. The van der Waals surface area contributed by atoms with E-state index >= 15 is 0 Å². The minimum absolute atomic E-state index is 0.237. The minimum atomic E-state index is 0.237. The molecule has 46 valence electrons. The summed E-state index contributed by atoms with van der Waals surface area (Å²) in [5.74, 6) is 0. The minimum Gasteiger partial charge on any atom is -0.392 e. The molecule has 0 saturated carbocycles. The van der Waals surface area contributed by atoms with Gasteiger partial charge in [0.2, 0.25) is 0 Å². The first kappa shape index (κ1) is 6.30. The van der Waals surface area contributed by atoms with Crippen LogP contribution in [0.15, 0.2) is 10.1 Å². The van der Waals surface area contributed by atoms with Crippen LogP contribution in [0.5, 0.6) is 0 Å². The van der Waals surface area contributed by atoms with Crippen molar-refractivity contribution < 1.29 is 5.11 Å². The smallest absolute Gasteiger partial charge is 0.0652 e. The maximum absolute atomic E-state index is 8.65. The van der Waals surface area contributed by atoms with Gasteiger partial charge in [0.05, 0.1) is 6.61 Å². The summed E-state index contributed by atoms with van der Waals surface area (Å²) in [6, 6.07) is 0. The first-order valence-electron chi connectivity index (χ1n) is 2.82. The van der Waals surface area contributed by atoms with Crippen LogP contribution in [0.4, 0.5) is 0 Å². The third-order valence-electron chi connectivity index (χ3n) is 1.45. The molecule has 0 unspecified atom stereocenters. The van der Waals surface area contributed by atoms with Crippen molar-refractivity contribution >= 4 is 15.9 Å². The van der Waals surface area contributed by atoms with Gasteiger partial charge >= 0.3 is 0 Å². The summed E-state index contributed by atoms with van der Waals surface area (Å²) in [6.07, 6.45) is 3.41. The van der Waals surface area contributed by atoms with Gasteiger partial charge < -0.3 is 5.11 Å². The molecule has 0 amide bonds. The van der Waals surface area contributed by atoms with Crippen LogP contribution >= 0.6 is 15.9 Å². The number of hydrogen-bond donors (Lipinski definition) is 1. The van der Waals surface area contributed by atoms with E-state index in [-0.39, 0.29) is 6.61 Å². The average Bonchev–Trinajstić information content (AvgIpc) is 2.14. The van der Waals surface area contributed by atoms with Gasteiger partial charge in [-0.3, -0.25) is 0 Å². The van der Waals surface area contributed by atoms with Gasteiger partial charge in [-0.25, -0.2) is 0 Å². The second-order valence-electron chi connectivity index (χ2n) is 2.02. The predicted molar refractivity (Wildman–Crippen MR) is 36.9 cm³/mol. The molecule has 0 saturated heterocycles. The number of hydrogen-bond acceptors (Lipinski definition) is 1. The van der Waals surface area contributed by atoms with Crippen LogP contribution in [-0.4, -0.2) is 11.7 Å². The lowest BCUT2D eigenvalue weighted by molar-refractivity contribution is 0.328. The highest BCUT2D eigenvalue weighted by atomic mass is 79.9. The summed E-state index contributed by atoms with van der Waals surface area (Å²) in [6.45, 7) is 0.237. The molecule has 0 radical (unpaired) electrons. The lowest BCUT2D eigenvalue weighted by Crippen LogP contribution is -1.84. The third kappa shape index (κ3) is 1.12. The molecule has 2 heteroatoms. The van der Waals surface area contributed by atoms with E-state index in [9.17, 15) is 0 Å². The van der Waals surface area contributed by atoms with Gasteiger partial charge in [-0.1, -0.05) is 15.9 Å². The van der Waals surface area contributed by atoms with E-state index in [1.54, 1.807) is 0 Å². The molecule has 0 bridgehead atoms. The van der Waals surface area contributed by atoms with Gasteiger partial charge in [0.15, 0.2) is 0 Å². The molecule has 0 heterocycles. The number of aliphatic hydroxyl groups is 1. The molecule has 1 aliphatic carbocycles. The second-order valence-corrected chi connectivity index (χ2v) is 2.98. The number of allylic oxidation sites excluding steroid dienone is 1. The molecular weight excluding hydrogens is 168 g/mol. The van der Waals surface area contributed by atoms with Crippen LogP contribution in [0, 0.1) is 0 Å². The normalized spacial score (nSPS) is 20.2. The maximum Gasteiger partial charge on any atom is 0.0652 e.